The van der Waals surface area contributed by atoms with E-state index < -0.39 is 26.5 Å². The molecule has 3 N–H and O–H groups in total. The number of esters is 2. The minimum atomic E-state index is -4.39. The number of hydrogen-bond acceptors (Lipinski definition) is 8. The number of ether oxygens (including phenoxy) is 2. The summed E-state index contributed by atoms with van der Waals surface area (Å²) in [5, 5.41) is 0. The molecule has 0 amide bonds. The van der Waals surface area contributed by atoms with E-state index >= 15 is 0 Å². The number of carbonyl (C=O) groups is 2. The predicted octanol–water partition coefficient (Wildman–Crippen LogP) is 23.4. The Balaban J connectivity index is 3.81. The van der Waals surface area contributed by atoms with Crippen LogP contribution in [0.4, 0.5) is 0 Å². The Morgan fingerprint density at radius 2 is 0.627 bits per heavy atom. The standard InChI is InChI=1S/C73H136NO8P/c1-3-5-7-9-11-13-15-17-19-21-23-25-27-29-30-31-32-33-34-35-36-37-38-39-40-42-44-46-48-50-52-54-56-58-60-62-64-66-73(76)82-71(70-81-83(77,78)80-68-67-74)69-79-72(75)65-63-61-59-57-55-53-51-49-47-45-43-41-28-26-24-22-20-18-16-14-12-10-8-6-4-2/h15-18,21-24,27,29,71H,3-14,19-20,25-26,28,30-70,74H2,1-2H3,(H,77,78)/b17-15-,18-16-,23-21-,24-22-,29-27-. The highest BCUT2D eigenvalue weighted by Gasteiger charge is 2.26. The maximum Gasteiger partial charge on any atom is 0.472 e. The lowest BCUT2D eigenvalue weighted by molar-refractivity contribution is -0.161. The molecule has 0 fully saturated rings. The monoisotopic (exact) mass is 1190 g/mol. The zero-order valence-corrected chi connectivity index (χ0v) is 55.6. The minimum Gasteiger partial charge on any atom is -0.462 e. The molecule has 9 nitrogen and oxygen atoms in total. The average molecular weight is 1190 g/mol. The van der Waals surface area contributed by atoms with Gasteiger partial charge in [-0.05, 0) is 83.5 Å². The van der Waals surface area contributed by atoms with Crippen molar-refractivity contribution in [2.75, 3.05) is 26.4 Å². The Morgan fingerprint density at radius 3 is 0.928 bits per heavy atom. The molecule has 0 heterocycles. The summed E-state index contributed by atoms with van der Waals surface area (Å²) >= 11 is 0. The first-order valence-corrected chi connectivity index (χ1v) is 37.3. The number of phosphoric acid groups is 1. The molecular weight excluding hydrogens is 1050 g/mol. The van der Waals surface area contributed by atoms with Gasteiger partial charge in [-0.2, -0.15) is 0 Å². The molecule has 0 aliphatic rings. The summed E-state index contributed by atoms with van der Waals surface area (Å²) in [5.74, 6) is -0.811. The molecular formula is C73H136NO8P. The predicted molar refractivity (Wildman–Crippen MR) is 358 cm³/mol. The lowest BCUT2D eigenvalue weighted by Gasteiger charge is -2.19. The van der Waals surface area contributed by atoms with Gasteiger partial charge in [0.25, 0.3) is 0 Å². The van der Waals surface area contributed by atoms with Crippen LogP contribution in [0, 0.1) is 0 Å². The van der Waals surface area contributed by atoms with Gasteiger partial charge < -0.3 is 20.1 Å². The minimum absolute atomic E-state index is 0.0541. The third kappa shape index (κ3) is 68.7. The molecule has 0 saturated heterocycles. The normalized spacial score (nSPS) is 13.3. The van der Waals surface area contributed by atoms with Gasteiger partial charge in [0.05, 0.1) is 13.2 Å². The van der Waals surface area contributed by atoms with Crippen LogP contribution in [-0.2, 0) is 32.7 Å². The van der Waals surface area contributed by atoms with E-state index in [0.29, 0.717) is 6.42 Å². The summed E-state index contributed by atoms with van der Waals surface area (Å²) in [6, 6.07) is 0. The molecule has 0 rings (SSSR count). The van der Waals surface area contributed by atoms with Gasteiger partial charge in [0, 0.05) is 19.4 Å². The van der Waals surface area contributed by atoms with Gasteiger partial charge in [-0.15, -0.1) is 0 Å². The van der Waals surface area contributed by atoms with E-state index in [1.54, 1.807) is 0 Å². The van der Waals surface area contributed by atoms with Crippen LogP contribution >= 0.6 is 7.82 Å². The van der Waals surface area contributed by atoms with Crippen LogP contribution in [0.2, 0.25) is 0 Å². The van der Waals surface area contributed by atoms with E-state index in [4.69, 9.17) is 24.3 Å². The summed E-state index contributed by atoms with van der Waals surface area (Å²) in [5.41, 5.74) is 5.40. The molecule has 83 heavy (non-hydrogen) atoms. The largest absolute Gasteiger partial charge is 0.472 e. The Kier molecular flexibility index (Phi) is 66.9. The molecule has 0 aromatic carbocycles. The number of allylic oxidation sites excluding steroid dienone is 10. The van der Waals surface area contributed by atoms with Crippen molar-refractivity contribution in [1.82, 2.24) is 0 Å². The van der Waals surface area contributed by atoms with Gasteiger partial charge in [-0.3, -0.25) is 18.6 Å². The van der Waals surface area contributed by atoms with Crippen LogP contribution < -0.4 is 5.73 Å². The lowest BCUT2D eigenvalue weighted by atomic mass is 10.0. The van der Waals surface area contributed by atoms with Gasteiger partial charge in [-0.25, -0.2) is 4.57 Å². The van der Waals surface area contributed by atoms with Crippen LogP contribution in [0.1, 0.15) is 361 Å². The average Bonchev–Trinajstić information content (AvgIpc) is 3.49. The first kappa shape index (κ1) is 80.7. The number of hydrogen-bond donors (Lipinski definition) is 2. The lowest BCUT2D eigenvalue weighted by Crippen LogP contribution is -2.29. The quantitative estimate of drug-likeness (QED) is 0.0264. The summed E-state index contributed by atoms with van der Waals surface area (Å²) in [6.45, 7) is 3.78. The Labute approximate surface area is 514 Å². The molecule has 0 aliphatic carbocycles. The Hall–Kier alpha value is -2.29. The molecule has 10 heteroatoms. The van der Waals surface area contributed by atoms with E-state index in [9.17, 15) is 19.0 Å². The van der Waals surface area contributed by atoms with Gasteiger partial charge in [-0.1, -0.05) is 325 Å². The van der Waals surface area contributed by atoms with Crippen molar-refractivity contribution in [3.63, 3.8) is 0 Å². The van der Waals surface area contributed by atoms with E-state index in [1.807, 2.05) is 0 Å². The highest BCUT2D eigenvalue weighted by molar-refractivity contribution is 7.47. The van der Waals surface area contributed by atoms with Crippen molar-refractivity contribution < 1.29 is 37.6 Å². The first-order valence-electron chi connectivity index (χ1n) is 35.8. The fourth-order valence-electron chi connectivity index (χ4n) is 10.6. The van der Waals surface area contributed by atoms with Gasteiger partial charge >= 0.3 is 19.8 Å². The zero-order valence-electron chi connectivity index (χ0n) is 54.7. The number of nitrogens with two attached hydrogens (primary N) is 1. The second-order valence-corrected chi connectivity index (χ2v) is 25.6. The molecule has 2 atom stereocenters. The molecule has 0 saturated carbocycles. The highest BCUT2D eigenvalue weighted by atomic mass is 31.2. The molecule has 0 aromatic rings. The Bertz CT molecular complexity index is 1540. The zero-order chi connectivity index (χ0) is 60.1. The molecule has 0 aliphatic heterocycles. The number of unbranched alkanes of at least 4 members (excludes halogenated alkanes) is 45. The third-order valence-corrected chi connectivity index (χ3v) is 16.9. The maximum absolute atomic E-state index is 12.8. The number of phosphoric ester groups is 1. The molecule has 2 unspecified atom stereocenters. The fraction of sp³-hybridized carbons (Fsp3) is 0.836. The highest BCUT2D eigenvalue weighted by Crippen LogP contribution is 2.43. The van der Waals surface area contributed by atoms with E-state index in [1.165, 1.54) is 276 Å². The number of carbonyl (C=O) groups excluding carboxylic acids is 2. The SMILES string of the molecule is CCCCCCC/C=C\C/C=C\C/C=C\CCCCCCCCCCCCCCCCCCCCCCCCC(=O)OC(COC(=O)CCCCCCCCCCCCCCC/C=C\C/C=C\CCCCCCC)COP(=O)(O)OCCN. The molecule has 0 spiro atoms. The topological polar surface area (TPSA) is 134 Å². The molecule has 0 bridgehead atoms. The third-order valence-electron chi connectivity index (χ3n) is 15.9. The smallest absolute Gasteiger partial charge is 0.462 e. The van der Waals surface area contributed by atoms with Gasteiger partial charge in [0.15, 0.2) is 6.10 Å². The van der Waals surface area contributed by atoms with E-state index in [2.05, 4.69) is 74.6 Å². The maximum atomic E-state index is 12.8. The van der Waals surface area contributed by atoms with Crippen molar-refractivity contribution in [2.45, 2.75) is 367 Å². The summed E-state index contributed by atoms with van der Waals surface area (Å²) < 4.78 is 33.2. The van der Waals surface area contributed by atoms with Gasteiger partial charge in [0.2, 0.25) is 0 Å². The van der Waals surface area contributed by atoms with Crippen LogP contribution in [-0.4, -0.2) is 49.3 Å². The van der Waals surface area contributed by atoms with Crippen LogP contribution in [0.5, 0.6) is 0 Å². The summed E-state index contributed by atoms with van der Waals surface area (Å²) in [4.78, 5) is 35.4. The van der Waals surface area contributed by atoms with Crippen molar-refractivity contribution in [3.8, 4) is 0 Å². The van der Waals surface area contributed by atoms with Crippen molar-refractivity contribution in [2.24, 2.45) is 5.73 Å². The van der Waals surface area contributed by atoms with Crippen LogP contribution in [0.25, 0.3) is 0 Å². The van der Waals surface area contributed by atoms with Crippen LogP contribution in [0.3, 0.4) is 0 Å². The molecule has 486 valence electrons. The van der Waals surface area contributed by atoms with E-state index in [0.717, 1.165) is 51.4 Å². The van der Waals surface area contributed by atoms with Crippen LogP contribution in [0.15, 0.2) is 60.8 Å². The summed E-state index contributed by atoms with van der Waals surface area (Å²) in [7, 11) is -4.39. The summed E-state index contributed by atoms with van der Waals surface area (Å²) in [6.07, 6.45) is 88.9. The second kappa shape index (κ2) is 68.8. The van der Waals surface area contributed by atoms with Crippen molar-refractivity contribution >= 4 is 19.8 Å². The van der Waals surface area contributed by atoms with E-state index in [-0.39, 0.29) is 38.6 Å². The fourth-order valence-corrected chi connectivity index (χ4v) is 11.3. The first-order chi connectivity index (χ1) is 40.8. The second-order valence-electron chi connectivity index (χ2n) is 24.1. The number of rotatable bonds is 68. The van der Waals surface area contributed by atoms with Crippen molar-refractivity contribution in [3.05, 3.63) is 60.8 Å². The Morgan fingerprint density at radius 1 is 0.361 bits per heavy atom. The molecule has 0 aromatic heterocycles. The molecule has 0 radical (unpaired) electrons. The van der Waals surface area contributed by atoms with Gasteiger partial charge in [0.1, 0.15) is 6.61 Å². The van der Waals surface area contributed by atoms with Crippen molar-refractivity contribution in [1.29, 1.82) is 0 Å².